The van der Waals surface area contributed by atoms with Gasteiger partial charge >= 0.3 is 12.2 Å². The van der Waals surface area contributed by atoms with Gasteiger partial charge in [0.15, 0.2) is 11.5 Å². The summed E-state index contributed by atoms with van der Waals surface area (Å²) in [4.78, 5) is 23.8. The van der Waals surface area contributed by atoms with E-state index in [0.29, 0.717) is 11.5 Å². The van der Waals surface area contributed by atoms with Crippen molar-refractivity contribution in [2.24, 2.45) is 0 Å². The van der Waals surface area contributed by atoms with Crippen LogP contribution in [0.5, 0.6) is 11.5 Å². The van der Waals surface area contributed by atoms with Crippen molar-refractivity contribution < 1.29 is 32.2 Å². The van der Waals surface area contributed by atoms with E-state index in [9.17, 15) is 22.8 Å². The van der Waals surface area contributed by atoms with E-state index in [4.69, 9.17) is 9.47 Å². The number of alkyl halides is 3. The molecule has 6 nitrogen and oxygen atoms in total. The Balaban J connectivity index is 1.61. The first-order chi connectivity index (χ1) is 11.8. The minimum absolute atomic E-state index is 0.0504. The second-order valence-electron chi connectivity index (χ2n) is 5.05. The van der Waals surface area contributed by atoms with Crippen LogP contribution in [0.3, 0.4) is 0 Å². The number of rotatable bonds is 2. The molecule has 0 atom stereocenters. The van der Waals surface area contributed by atoms with Crippen LogP contribution < -0.4 is 20.1 Å². The third-order valence-corrected chi connectivity index (χ3v) is 3.33. The fourth-order valence-electron chi connectivity index (χ4n) is 2.12. The number of hydrogen-bond donors (Lipinski definition) is 2. The highest BCUT2D eigenvalue weighted by atomic mass is 19.4. The number of amides is 3. The van der Waals surface area contributed by atoms with Crippen LogP contribution in [0.15, 0.2) is 42.5 Å². The Morgan fingerprint density at radius 2 is 1.64 bits per heavy atom. The van der Waals surface area contributed by atoms with E-state index in [2.05, 4.69) is 10.6 Å². The molecule has 1 heterocycles. The van der Waals surface area contributed by atoms with E-state index in [1.165, 1.54) is 18.2 Å². The van der Waals surface area contributed by atoms with Crippen molar-refractivity contribution in [3.8, 4) is 11.5 Å². The fourth-order valence-corrected chi connectivity index (χ4v) is 2.12. The molecule has 0 saturated heterocycles. The largest absolute Gasteiger partial charge is 0.454 e. The fraction of sp³-hybridized carbons (Fsp3) is 0.125. The maximum atomic E-state index is 12.5. The van der Waals surface area contributed by atoms with E-state index < -0.39 is 23.7 Å². The molecule has 0 radical (unpaired) electrons. The molecule has 9 heteroatoms. The van der Waals surface area contributed by atoms with Crippen LogP contribution in [0.25, 0.3) is 0 Å². The monoisotopic (exact) mass is 352 g/mol. The molecule has 2 aromatic rings. The van der Waals surface area contributed by atoms with Crippen LogP contribution in [0.1, 0.15) is 15.9 Å². The van der Waals surface area contributed by atoms with Gasteiger partial charge in [-0.15, -0.1) is 0 Å². The van der Waals surface area contributed by atoms with Crippen molar-refractivity contribution in [1.82, 2.24) is 5.32 Å². The highest BCUT2D eigenvalue weighted by molar-refractivity contribution is 6.08. The molecule has 1 aliphatic heterocycles. The van der Waals surface area contributed by atoms with Crippen molar-refractivity contribution in [3.05, 3.63) is 53.6 Å². The van der Waals surface area contributed by atoms with Gasteiger partial charge < -0.3 is 14.8 Å². The number of imide groups is 1. The predicted octanol–water partition coefficient (Wildman–Crippen LogP) is 3.40. The lowest BCUT2D eigenvalue weighted by atomic mass is 10.2. The van der Waals surface area contributed by atoms with Crippen molar-refractivity contribution in [2.45, 2.75) is 6.18 Å². The van der Waals surface area contributed by atoms with Crippen LogP contribution >= 0.6 is 0 Å². The number of halogens is 3. The standard InChI is InChI=1S/C16H11F3N2O4/c17-16(18,19)10-2-4-11(5-3-10)20-15(23)21-14(22)9-1-6-12-13(7-9)25-8-24-12/h1-7H,8H2,(H2,20,21,22,23). The topological polar surface area (TPSA) is 76.7 Å². The molecule has 1 aliphatic rings. The van der Waals surface area contributed by atoms with Gasteiger partial charge in [0, 0.05) is 11.3 Å². The maximum absolute atomic E-state index is 12.5. The van der Waals surface area contributed by atoms with Gasteiger partial charge in [-0.05, 0) is 42.5 Å². The summed E-state index contributed by atoms with van der Waals surface area (Å²) in [7, 11) is 0. The van der Waals surface area contributed by atoms with Gasteiger partial charge in [0.25, 0.3) is 5.91 Å². The molecule has 0 bridgehead atoms. The van der Waals surface area contributed by atoms with Gasteiger partial charge in [-0.2, -0.15) is 13.2 Å². The first kappa shape index (κ1) is 16.6. The number of ether oxygens (including phenoxy) is 2. The average molecular weight is 352 g/mol. The van der Waals surface area contributed by atoms with Gasteiger partial charge in [-0.25, -0.2) is 4.79 Å². The molecule has 2 aromatic carbocycles. The van der Waals surface area contributed by atoms with Gasteiger partial charge in [0.1, 0.15) is 0 Å². The summed E-state index contributed by atoms with van der Waals surface area (Å²) < 4.78 is 47.7. The first-order valence-electron chi connectivity index (χ1n) is 7.02. The van der Waals surface area contributed by atoms with E-state index in [1.54, 1.807) is 0 Å². The Morgan fingerprint density at radius 1 is 0.960 bits per heavy atom. The van der Waals surface area contributed by atoms with Gasteiger partial charge in [0.05, 0.1) is 5.56 Å². The number of hydrogen-bond acceptors (Lipinski definition) is 4. The van der Waals surface area contributed by atoms with E-state index in [1.807, 2.05) is 0 Å². The summed E-state index contributed by atoms with van der Waals surface area (Å²) >= 11 is 0. The number of urea groups is 1. The number of carbonyl (C=O) groups excluding carboxylic acids is 2. The van der Waals surface area contributed by atoms with Crippen LogP contribution in [0.4, 0.5) is 23.7 Å². The van der Waals surface area contributed by atoms with Crippen molar-refractivity contribution in [1.29, 1.82) is 0 Å². The summed E-state index contributed by atoms with van der Waals surface area (Å²) in [5, 5.41) is 4.35. The molecule has 0 fully saturated rings. The number of fused-ring (bicyclic) bond motifs is 1. The smallest absolute Gasteiger partial charge is 0.416 e. The quantitative estimate of drug-likeness (QED) is 0.869. The van der Waals surface area contributed by atoms with Gasteiger partial charge in [-0.1, -0.05) is 0 Å². The van der Waals surface area contributed by atoms with Crippen molar-refractivity contribution in [3.63, 3.8) is 0 Å². The van der Waals surface area contributed by atoms with Crippen molar-refractivity contribution >= 4 is 17.6 Å². The van der Waals surface area contributed by atoms with E-state index >= 15 is 0 Å². The Kier molecular flexibility index (Phi) is 4.22. The summed E-state index contributed by atoms with van der Waals surface area (Å²) in [6.45, 7) is 0.0504. The average Bonchev–Trinajstić information content (AvgIpc) is 3.01. The third kappa shape index (κ3) is 3.82. The summed E-state index contributed by atoms with van der Waals surface area (Å²) in [6.07, 6.45) is -4.46. The highest BCUT2D eigenvalue weighted by Crippen LogP contribution is 2.32. The lowest BCUT2D eigenvalue weighted by molar-refractivity contribution is -0.137. The Labute approximate surface area is 139 Å². The Bertz CT molecular complexity index is 819. The van der Waals surface area contributed by atoms with Crippen LogP contribution in [-0.2, 0) is 6.18 Å². The number of benzene rings is 2. The lowest BCUT2D eigenvalue weighted by Gasteiger charge is -2.09. The SMILES string of the molecule is O=C(NC(=O)c1ccc2c(c1)OCO2)Nc1ccc(C(F)(F)F)cc1. The zero-order valence-corrected chi connectivity index (χ0v) is 12.5. The van der Waals surface area contributed by atoms with Crippen LogP contribution in [0, 0.1) is 0 Å². The molecule has 130 valence electrons. The zero-order chi connectivity index (χ0) is 18.0. The molecular weight excluding hydrogens is 341 g/mol. The molecule has 0 aromatic heterocycles. The molecule has 3 amide bonds. The van der Waals surface area contributed by atoms with Crippen molar-refractivity contribution in [2.75, 3.05) is 12.1 Å². The molecule has 0 spiro atoms. The first-order valence-corrected chi connectivity index (χ1v) is 7.02. The number of carbonyl (C=O) groups is 2. The second-order valence-corrected chi connectivity index (χ2v) is 5.05. The summed E-state index contributed by atoms with van der Waals surface area (Å²) in [6, 6.07) is 7.37. The molecular formula is C16H11F3N2O4. The van der Waals surface area contributed by atoms with Crippen LogP contribution in [-0.4, -0.2) is 18.7 Å². The third-order valence-electron chi connectivity index (χ3n) is 3.33. The molecule has 0 aliphatic carbocycles. The molecule has 0 unspecified atom stereocenters. The predicted molar refractivity (Wildman–Crippen MR) is 80.5 cm³/mol. The van der Waals surface area contributed by atoms with Gasteiger partial charge in [-0.3, -0.25) is 10.1 Å². The zero-order valence-electron chi connectivity index (χ0n) is 12.5. The maximum Gasteiger partial charge on any atom is 0.416 e. The molecule has 3 rings (SSSR count). The Hall–Kier alpha value is -3.23. The minimum Gasteiger partial charge on any atom is -0.454 e. The lowest BCUT2D eigenvalue weighted by Crippen LogP contribution is -2.34. The number of nitrogens with one attached hydrogen (secondary N) is 2. The highest BCUT2D eigenvalue weighted by Gasteiger charge is 2.30. The Morgan fingerprint density at radius 3 is 2.32 bits per heavy atom. The summed E-state index contributed by atoms with van der Waals surface area (Å²) in [5.41, 5.74) is -0.550. The van der Waals surface area contributed by atoms with Crippen LogP contribution in [0.2, 0.25) is 0 Å². The second kappa shape index (κ2) is 6.34. The van der Waals surface area contributed by atoms with Gasteiger partial charge in [0.2, 0.25) is 6.79 Å². The summed E-state index contributed by atoms with van der Waals surface area (Å²) in [5.74, 6) is 0.185. The molecule has 0 saturated carbocycles. The van der Waals surface area contributed by atoms with E-state index in [0.717, 1.165) is 24.3 Å². The molecule has 2 N–H and O–H groups in total. The normalized spacial score (nSPS) is 12.6. The number of anilines is 1. The molecule has 25 heavy (non-hydrogen) atoms. The minimum atomic E-state index is -4.46. The van der Waals surface area contributed by atoms with E-state index in [-0.39, 0.29) is 18.0 Å².